The van der Waals surface area contributed by atoms with Crippen LogP contribution in [0.3, 0.4) is 0 Å². The Bertz CT molecular complexity index is 788. The van der Waals surface area contributed by atoms with E-state index < -0.39 is 31.8 Å². The number of anilines is 1. The lowest BCUT2D eigenvalue weighted by molar-refractivity contribution is -0.0965. The number of sulfone groups is 1. The van der Waals surface area contributed by atoms with Crippen molar-refractivity contribution >= 4 is 33.3 Å². The molecule has 0 radical (unpaired) electrons. The third-order valence-electron chi connectivity index (χ3n) is 3.56. The predicted molar refractivity (Wildman–Crippen MR) is 88.2 cm³/mol. The summed E-state index contributed by atoms with van der Waals surface area (Å²) in [5.41, 5.74) is -1.05. The second-order valence-electron chi connectivity index (χ2n) is 5.59. The van der Waals surface area contributed by atoms with Crippen LogP contribution in [0.4, 0.5) is 18.9 Å². The number of para-hydroxylation sites is 1. The van der Waals surface area contributed by atoms with Gasteiger partial charge in [-0.05, 0) is 26.0 Å². The number of halogens is 4. The number of nitrogens with one attached hydrogen (secondary N) is 1. The number of nitrogens with zero attached hydrogens (tertiary/aromatic N) is 1. The molecule has 0 saturated carbocycles. The molecule has 1 aliphatic rings. The molecular formula is C15H16ClF3N2O2S. The average molecular weight is 381 g/mol. The van der Waals surface area contributed by atoms with Gasteiger partial charge < -0.3 is 5.32 Å². The molecule has 24 heavy (non-hydrogen) atoms. The third kappa shape index (κ3) is 3.59. The standard InChI is InChI=1S/C15H16ClF3N2O2S/c1-10(2)24(22,23)12-6-4-3-5-11(12)21-14(16)7-8-20-9-13(14)15(17,18)19/h3-6,8-10,21H,7H2,1-2H3. The Labute approximate surface area is 143 Å². The number of aliphatic imine (C=N–C) groups is 1. The minimum absolute atomic E-state index is 0.0200. The van der Waals surface area contributed by atoms with Crippen LogP contribution in [0, 0.1) is 0 Å². The van der Waals surface area contributed by atoms with Gasteiger partial charge in [0.05, 0.1) is 21.4 Å². The number of rotatable bonds is 4. The SMILES string of the molecule is CC(C)S(=O)(=O)c1ccccc1NC1(Cl)CC=NC=C1C(F)(F)F. The fourth-order valence-electron chi connectivity index (χ4n) is 2.22. The van der Waals surface area contributed by atoms with Crippen molar-refractivity contribution in [2.75, 3.05) is 5.32 Å². The van der Waals surface area contributed by atoms with E-state index in [4.69, 9.17) is 11.6 Å². The molecule has 0 amide bonds. The first kappa shape index (κ1) is 18.8. The topological polar surface area (TPSA) is 58.5 Å². The molecule has 1 aliphatic heterocycles. The van der Waals surface area contributed by atoms with Crippen LogP contribution >= 0.6 is 11.6 Å². The molecule has 1 heterocycles. The molecule has 1 unspecified atom stereocenters. The highest BCUT2D eigenvalue weighted by atomic mass is 35.5. The Morgan fingerprint density at radius 3 is 2.50 bits per heavy atom. The van der Waals surface area contributed by atoms with E-state index >= 15 is 0 Å². The summed E-state index contributed by atoms with van der Waals surface area (Å²) < 4.78 is 64.5. The first-order valence-corrected chi connectivity index (χ1v) is 9.00. The molecule has 132 valence electrons. The molecule has 0 bridgehead atoms. The molecule has 9 heteroatoms. The van der Waals surface area contributed by atoms with Gasteiger partial charge in [-0.2, -0.15) is 13.2 Å². The van der Waals surface area contributed by atoms with E-state index in [9.17, 15) is 21.6 Å². The van der Waals surface area contributed by atoms with Gasteiger partial charge in [-0.3, -0.25) is 4.99 Å². The molecule has 0 spiro atoms. The molecule has 4 nitrogen and oxygen atoms in total. The summed E-state index contributed by atoms with van der Waals surface area (Å²) in [7, 11) is -3.69. The van der Waals surface area contributed by atoms with E-state index in [0.717, 1.165) is 0 Å². The van der Waals surface area contributed by atoms with Crippen molar-refractivity contribution in [1.82, 2.24) is 0 Å². The van der Waals surface area contributed by atoms with E-state index in [1.165, 1.54) is 44.3 Å². The fraction of sp³-hybridized carbons (Fsp3) is 0.400. The lowest BCUT2D eigenvalue weighted by atomic mass is 10.0. The zero-order valence-electron chi connectivity index (χ0n) is 12.9. The van der Waals surface area contributed by atoms with Crippen LogP contribution in [0.2, 0.25) is 0 Å². The van der Waals surface area contributed by atoms with E-state index in [1.54, 1.807) is 0 Å². The maximum Gasteiger partial charge on any atom is 0.417 e. The Kier molecular flexibility index (Phi) is 5.01. The van der Waals surface area contributed by atoms with E-state index in [2.05, 4.69) is 10.3 Å². The maximum atomic E-state index is 13.2. The summed E-state index contributed by atoms with van der Waals surface area (Å²) in [6.45, 7) is 2.99. The minimum atomic E-state index is -4.70. The molecule has 0 saturated heterocycles. The van der Waals surface area contributed by atoms with Crippen molar-refractivity contribution in [1.29, 1.82) is 0 Å². The molecule has 1 aromatic carbocycles. The van der Waals surface area contributed by atoms with Gasteiger partial charge in [-0.15, -0.1) is 0 Å². The molecule has 0 aliphatic carbocycles. The van der Waals surface area contributed by atoms with Crippen molar-refractivity contribution in [2.45, 2.75) is 41.6 Å². The quantitative estimate of drug-likeness (QED) is 0.631. The lowest BCUT2D eigenvalue weighted by Crippen LogP contribution is -2.42. The number of hydrogen-bond donors (Lipinski definition) is 1. The Hall–Kier alpha value is -1.54. The highest BCUT2D eigenvalue weighted by Gasteiger charge is 2.48. The van der Waals surface area contributed by atoms with E-state index in [-0.39, 0.29) is 17.0 Å². The van der Waals surface area contributed by atoms with E-state index in [0.29, 0.717) is 6.20 Å². The van der Waals surface area contributed by atoms with Gasteiger partial charge >= 0.3 is 6.18 Å². The molecule has 0 fully saturated rings. The van der Waals surface area contributed by atoms with Crippen LogP contribution in [0.1, 0.15) is 20.3 Å². The molecule has 1 atom stereocenters. The van der Waals surface area contributed by atoms with Crippen LogP contribution in [0.5, 0.6) is 0 Å². The van der Waals surface area contributed by atoms with Crippen molar-refractivity contribution < 1.29 is 21.6 Å². The van der Waals surface area contributed by atoms with Crippen molar-refractivity contribution in [3.05, 3.63) is 36.0 Å². The van der Waals surface area contributed by atoms with Crippen LogP contribution < -0.4 is 5.32 Å². The monoisotopic (exact) mass is 380 g/mol. The largest absolute Gasteiger partial charge is 0.417 e. The van der Waals surface area contributed by atoms with Crippen molar-refractivity contribution in [3.63, 3.8) is 0 Å². The minimum Gasteiger partial charge on any atom is -0.362 e. The highest BCUT2D eigenvalue weighted by molar-refractivity contribution is 7.92. The predicted octanol–water partition coefficient (Wildman–Crippen LogP) is 4.14. The molecule has 0 aromatic heterocycles. The third-order valence-corrected chi connectivity index (χ3v) is 6.22. The molecule has 1 aromatic rings. The average Bonchev–Trinajstić information content (AvgIpc) is 2.46. The van der Waals surface area contributed by atoms with E-state index in [1.807, 2.05) is 0 Å². The fourth-order valence-corrected chi connectivity index (χ4v) is 3.75. The van der Waals surface area contributed by atoms with Crippen molar-refractivity contribution in [2.24, 2.45) is 4.99 Å². The normalized spacial score (nSPS) is 21.7. The number of hydrogen-bond acceptors (Lipinski definition) is 4. The van der Waals surface area contributed by atoms with Gasteiger partial charge in [0.2, 0.25) is 0 Å². The Morgan fingerprint density at radius 2 is 1.92 bits per heavy atom. The Balaban J connectivity index is 2.49. The summed E-state index contributed by atoms with van der Waals surface area (Å²) in [5.74, 6) is 0. The maximum absolute atomic E-state index is 13.2. The zero-order valence-corrected chi connectivity index (χ0v) is 14.5. The summed E-state index contributed by atoms with van der Waals surface area (Å²) >= 11 is 6.18. The number of benzene rings is 1. The van der Waals surface area contributed by atoms with Crippen LogP contribution in [-0.4, -0.2) is 31.1 Å². The zero-order chi connectivity index (χ0) is 18.2. The van der Waals surface area contributed by atoms with Crippen LogP contribution in [0.15, 0.2) is 45.9 Å². The summed E-state index contributed by atoms with van der Waals surface area (Å²) in [5, 5.41) is 1.83. The van der Waals surface area contributed by atoms with Gasteiger partial charge in [-0.1, -0.05) is 23.7 Å². The Morgan fingerprint density at radius 1 is 1.29 bits per heavy atom. The van der Waals surface area contributed by atoms with Gasteiger partial charge in [0.25, 0.3) is 0 Å². The highest BCUT2D eigenvalue weighted by Crippen LogP contribution is 2.43. The molecule has 1 N–H and O–H groups in total. The van der Waals surface area contributed by atoms with Gasteiger partial charge in [-0.25, -0.2) is 8.42 Å². The molecular weight excluding hydrogens is 365 g/mol. The molecule has 2 rings (SSSR count). The van der Waals surface area contributed by atoms with Gasteiger partial charge in [0, 0.05) is 18.8 Å². The summed E-state index contributed by atoms with van der Waals surface area (Å²) in [6.07, 6.45) is -3.05. The summed E-state index contributed by atoms with van der Waals surface area (Å²) in [4.78, 5) is 1.39. The van der Waals surface area contributed by atoms with Crippen LogP contribution in [-0.2, 0) is 9.84 Å². The second-order valence-corrected chi connectivity index (χ2v) is 8.71. The first-order valence-electron chi connectivity index (χ1n) is 7.08. The van der Waals surface area contributed by atoms with Gasteiger partial charge in [0.1, 0.15) is 5.00 Å². The smallest absolute Gasteiger partial charge is 0.362 e. The number of alkyl halides is 4. The second kappa shape index (κ2) is 6.40. The lowest BCUT2D eigenvalue weighted by Gasteiger charge is -2.33. The van der Waals surface area contributed by atoms with Crippen molar-refractivity contribution in [3.8, 4) is 0 Å². The van der Waals surface area contributed by atoms with Crippen LogP contribution in [0.25, 0.3) is 0 Å². The first-order chi connectivity index (χ1) is 11.0. The van der Waals surface area contributed by atoms with Gasteiger partial charge in [0.15, 0.2) is 9.84 Å². The summed E-state index contributed by atoms with van der Waals surface area (Å²) in [6, 6.07) is 5.75.